The van der Waals surface area contributed by atoms with Crippen LogP contribution in [0.4, 0.5) is 5.69 Å². The van der Waals surface area contributed by atoms with Crippen LogP contribution in [0.3, 0.4) is 0 Å². The first-order chi connectivity index (χ1) is 15.5. The third-order valence-corrected chi connectivity index (χ3v) is 5.50. The van der Waals surface area contributed by atoms with Crippen molar-refractivity contribution in [1.29, 1.82) is 0 Å². The molecule has 6 heteroatoms. The molecule has 0 atom stereocenters. The number of hydrogen-bond donors (Lipinski definition) is 2. The number of anilines is 1. The number of nitrogens with one attached hydrogen (secondary N) is 2. The molecule has 2 aromatic carbocycles. The smallest absolute Gasteiger partial charge is 0.255 e. The van der Waals surface area contributed by atoms with Gasteiger partial charge in [-0.15, -0.1) is 0 Å². The van der Waals surface area contributed by atoms with E-state index in [1.54, 1.807) is 24.3 Å². The predicted molar refractivity (Wildman–Crippen MR) is 133 cm³/mol. The largest absolute Gasteiger partial charge is 0.322 e. The van der Waals surface area contributed by atoms with Crippen molar-refractivity contribution in [3.63, 3.8) is 0 Å². The van der Waals surface area contributed by atoms with Crippen LogP contribution in [0.15, 0.2) is 53.6 Å². The molecular weight excluding hydrogens is 422 g/mol. The third-order valence-electron chi connectivity index (χ3n) is 5.25. The fraction of sp³-hybridized carbons (Fsp3) is 0.423. The summed E-state index contributed by atoms with van der Waals surface area (Å²) in [7, 11) is 0. The van der Waals surface area contributed by atoms with E-state index in [0.29, 0.717) is 28.4 Å². The lowest BCUT2D eigenvalue weighted by atomic mass is 10.1. The SMILES string of the molecule is CCCCCCCCCCC(=O)NN=C(C)c1cccc(NC(=O)c2ccc(Cl)cc2)c1. The quantitative estimate of drug-likeness (QED) is 0.194. The van der Waals surface area contributed by atoms with Gasteiger partial charge in [0.15, 0.2) is 0 Å². The van der Waals surface area contributed by atoms with Crippen molar-refractivity contribution in [3.8, 4) is 0 Å². The standard InChI is InChI=1S/C26H34ClN3O2/c1-3-4-5-6-7-8-9-10-14-25(31)30-29-20(2)22-12-11-13-24(19-22)28-26(32)21-15-17-23(27)18-16-21/h11-13,15-19H,3-10,14H2,1-2H3,(H,28,32)(H,30,31). The van der Waals surface area contributed by atoms with E-state index in [0.717, 1.165) is 18.4 Å². The van der Waals surface area contributed by atoms with Gasteiger partial charge in [0.25, 0.3) is 5.91 Å². The summed E-state index contributed by atoms with van der Waals surface area (Å²) in [6, 6.07) is 14.1. The summed E-state index contributed by atoms with van der Waals surface area (Å²) < 4.78 is 0. The lowest BCUT2D eigenvalue weighted by Crippen LogP contribution is -2.19. The highest BCUT2D eigenvalue weighted by atomic mass is 35.5. The number of benzene rings is 2. The molecule has 2 aromatic rings. The average Bonchev–Trinajstić information content (AvgIpc) is 2.79. The first kappa shape index (κ1) is 25.6. The molecule has 2 N–H and O–H groups in total. The van der Waals surface area contributed by atoms with Crippen molar-refractivity contribution in [1.82, 2.24) is 5.43 Å². The van der Waals surface area contributed by atoms with Crippen molar-refractivity contribution in [2.75, 3.05) is 5.32 Å². The van der Waals surface area contributed by atoms with E-state index in [-0.39, 0.29) is 11.8 Å². The lowest BCUT2D eigenvalue weighted by molar-refractivity contribution is -0.121. The van der Waals surface area contributed by atoms with E-state index >= 15 is 0 Å². The molecule has 0 heterocycles. The van der Waals surface area contributed by atoms with Crippen molar-refractivity contribution in [3.05, 3.63) is 64.7 Å². The molecule has 0 saturated carbocycles. The fourth-order valence-corrected chi connectivity index (χ4v) is 3.44. The second-order valence-corrected chi connectivity index (χ2v) is 8.44. The first-order valence-electron chi connectivity index (χ1n) is 11.5. The van der Waals surface area contributed by atoms with E-state index in [2.05, 4.69) is 22.8 Å². The van der Waals surface area contributed by atoms with Gasteiger partial charge in [-0.25, -0.2) is 5.43 Å². The highest BCUT2D eigenvalue weighted by molar-refractivity contribution is 6.30. The molecule has 0 bridgehead atoms. The number of hydrazone groups is 1. The molecule has 2 rings (SSSR count). The molecule has 0 aromatic heterocycles. The summed E-state index contributed by atoms with van der Waals surface area (Å²) in [6.45, 7) is 4.05. The summed E-state index contributed by atoms with van der Waals surface area (Å²) in [5, 5.41) is 7.67. The Bertz CT molecular complexity index is 894. The van der Waals surface area contributed by atoms with Gasteiger partial charge in [0, 0.05) is 22.7 Å². The van der Waals surface area contributed by atoms with Crippen LogP contribution in [0.1, 0.15) is 87.6 Å². The van der Waals surface area contributed by atoms with Gasteiger partial charge in [0.1, 0.15) is 0 Å². The van der Waals surface area contributed by atoms with E-state index in [9.17, 15) is 9.59 Å². The molecule has 2 amide bonds. The number of halogens is 1. The van der Waals surface area contributed by atoms with Crippen molar-refractivity contribution in [2.45, 2.75) is 71.6 Å². The van der Waals surface area contributed by atoms with Crippen LogP contribution in [0.5, 0.6) is 0 Å². The van der Waals surface area contributed by atoms with Crippen LogP contribution in [-0.4, -0.2) is 17.5 Å². The van der Waals surface area contributed by atoms with Crippen molar-refractivity contribution >= 4 is 34.8 Å². The summed E-state index contributed by atoms with van der Waals surface area (Å²) in [6.07, 6.45) is 10.1. The number of carbonyl (C=O) groups is 2. The Kier molecular flexibility index (Phi) is 11.5. The number of amides is 2. The van der Waals surface area contributed by atoms with Crippen LogP contribution in [0, 0.1) is 0 Å². The zero-order valence-corrected chi connectivity index (χ0v) is 19.9. The van der Waals surface area contributed by atoms with Crippen LogP contribution in [-0.2, 0) is 4.79 Å². The molecule has 172 valence electrons. The van der Waals surface area contributed by atoms with Crippen molar-refractivity contribution < 1.29 is 9.59 Å². The summed E-state index contributed by atoms with van der Waals surface area (Å²) in [4.78, 5) is 24.5. The molecule has 32 heavy (non-hydrogen) atoms. The summed E-state index contributed by atoms with van der Waals surface area (Å²) >= 11 is 5.87. The van der Waals surface area contributed by atoms with Crippen molar-refractivity contribution in [2.24, 2.45) is 5.10 Å². The third kappa shape index (κ3) is 9.65. The topological polar surface area (TPSA) is 70.6 Å². The van der Waals surface area contributed by atoms with Gasteiger partial charge >= 0.3 is 0 Å². The Hall–Kier alpha value is -2.66. The molecule has 5 nitrogen and oxygen atoms in total. The van der Waals surface area contributed by atoms with Gasteiger partial charge in [-0.1, -0.05) is 75.6 Å². The minimum atomic E-state index is -0.216. The van der Waals surface area contributed by atoms with Gasteiger partial charge in [-0.2, -0.15) is 5.10 Å². The molecule has 0 saturated heterocycles. The zero-order chi connectivity index (χ0) is 23.2. The van der Waals surface area contributed by atoms with Gasteiger partial charge < -0.3 is 5.32 Å². The summed E-state index contributed by atoms with van der Waals surface area (Å²) in [5.74, 6) is -0.283. The van der Waals surface area contributed by atoms with Gasteiger partial charge in [0.2, 0.25) is 5.91 Å². The van der Waals surface area contributed by atoms with Gasteiger partial charge in [-0.05, 0) is 55.3 Å². The van der Waals surface area contributed by atoms with E-state index < -0.39 is 0 Å². The van der Waals surface area contributed by atoms with Gasteiger partial charge in [-0.3, -0.25) is 9.59 Å². The van der Waals surface area contributed by atoms with Crippen LogP contribution in [0.2, 0.25) is 5.02 Å². The number of rotatable bonds is 13. The maximum atomic E-state index is 12.4. The number of unbranched alkanes of at least 4 members (excludes halogenated alkanes) is 7. The maximum absolute atomic E-state index is 12.4. The first-order valence-corrected chi connectivity index (χ1v) is 11.9. The lowest BCUT2D eigenvalue weighted by Gasteiger charge is -2.08. The Labute approximate surface area is 196 Å². The zero-order valence-electron chi connectivity index (χ0n) is 19.1. The number of nitrogens with zero attached hydrogens (tertiary/aromatic N) is 1. The molecule has 0 aliphatic carbocycles. The Balaban J connectivity index is 1.77. The minimum absolute atomic E-state index is 0.0671. The van der Waals surface area contributed by atoms with Crippen LogP contribution < -0.4 is 10.7 Å². The molecule has 0 fully saturated rings. The summed E-state index contributed by atoms with van der Waals surface area (Å²) in [5.41, 5.74) is 5.32. The highest BCUT2D eigenvalue weighted by Crippen LogP contribution is 2.15. The highest BCUT2D eigenvalue weighted by Gasteiger charge is 2.07. The molecule has 0 unspecified atom stereocenters. The predicted octanol–water partition coefficient (Wildman–Crippen LogP) is 6.96. The molecular formula is C26H34ClN3O2. The normalized spacial score (nSPS) is 11.3. The maximum Gasteiger partial charge on any atom is 0.255 e. The van der Waals surface area contributed by atoms with E-state index in [1.807, 2.05) is 31.2 Å². The Morgan fingerprint density at radius 3 is 2.22 bits per heavy atom. The second kappa shape index (κ2) is 14.4. The van der Waals surface area contributed by atoms with Crippen LogP contribution in [0.25, 0.3) is 0 Å². The van der Waals surface area contributed by atoms with E-state index in [4.69, 9.17) is 11.6 Å². The van der Waals surface area contributed by atoms with Gasteiger partial charge in [0.05, 0.1) is 5.71 Å². The average molecular weight is 456 g/mol. The fourth-order valence-electron chi connectivity index (χ4n) is 3.31. The minimum Gasteiger partial charge on any atom is -0.322 e. The molecule has 0 aliphatic rings. The second-order valence-electron chi connectivity index (χ2n) is 8.00. The molecule has 0 radical (unpaired) electrons. The molecule has 0 aliphatic heterocycles. The Morgan fingerprint density at radius 1 is 0.875 bits per heavy atom. The monoisotopic (exact) mass is 455 g/mol. The number of carbonyl (C=O) groups excluding carboxylic acids is 2. The Morgan fingerprint density at radius 2 is 1.53 bits per heavy atom. The van der Waals surface area contributed by atoms with Crippen LogP contribution >= 0.6 is 11.6 Å². The van der Waals surface area contributed by atoms with E-state index in [1.165, 1.54) is 38.5 Å². The molecule has 0 spiro atoms. The number of hydrogen-bond acceptors (Lipinski definition) is 3.